The topological polar surface area (TPSA) is 30.5 Å². The summed E-state index contributed by atoms with van der Waals surface area (Å²) in [6, 6.07) is 0. The maximum atomic E-state index is 5.74. The first-order valence-electron chi connectivity index (χ1n) is 5.67. The third kappa shape index (κ3) is 10.2. The van der Waals surface area contributed by atoms with Crippen molar-refractivity contribution in [3.8, 4) is 0 Å². The molecule has 1 N–H and O–H groups in total. The van der Waals surface area contributed by atoms with Crippen LogP contribution in [-0.2, 0) is 9.47 Å². The normalized spacial score (nSPS) is 12.0. The van der Waals surface area contributed by atoms with Crippen molar-refractivity contribution in [3.05, 3.63) is 0 Å². The lowest BCUT2D eigenvalue weighted by Crippen LogP contribution is -2.41. The molecule has 0 aliphatic rings. The zero-order valence-corrected chi connectivity index (χ0v) is 11.7. The van der Waals surface area contributed by atoms with Gasteiger partial charge in [-0.1, -0.05) is 13.8 Å². The second-order valence-electron chi connectivity index (χ2n) is 4.54. The Bertz CT molecular complexity index is 145. The number of likely N-dealkylation sites (N-methyl/N-ethyl adjacent to an activating group) is 1. The molecule has 3 nitrogen and oxygen atoms in total. The van der Waals surface area contributed by atoms with E-state index in [0.717, 1.165) is 6.54 Å². The third-order valence-corrected chi connectivity index (χ3v) is 1.97. The number of hydrogen-bond acceptors (Lipinski definition) is 3. The smallest absolute Gasteiger partial charge is 0.0855 e. The monoisotopic (exact) mass is 219 g/mol. The van der Waals surface area contributed by atoms with Crippen molar-refractivity contribution in [2.45, 2.75) is 52.7 Å². The lowest BCUT2D eigenvalue weighted by molar-refractivity contribution is -0.104. The van der Waals surface area contributed by atoms with Crippen LogP contribution in [0.4, 0.5) is 0 Å². The molecule has 0 heterocycles. The highest BCUT2D eigenvalue weighted by molar-refractivity contribution is 4.74. The van der Waals surface area contributed by atoms with E-state index in [2.05, 4.69) is 19.2 Å². The minimum absolute atomic E-state index is 0.134. The molecule has 0 atom stereocenters. The van der Waals surface area contributed by atoms with Gasteiger partial charge in [0.05, 0.1) is 17.8 Å². The average molecular weight is 219 g/mol. The molecule has 15 heavy (non-hydrogen) atoms. The zero-order chi connectivity index (χ0) is 12.5. The molecule has 0 saturated heterocycles. The van der Waals surface area contributed by atoms with E-state index in [-0.39, 0.29) is 11.2 Å². The highest BCUT2D eigenvalue weighted by atomic mass is 16.5. The lowest BCUT2D eigenvalue weighted by atomic mass is 10.1. The Hall–Kier alpha value is -0.120. The Labute approximate surface area is 95.5 Å². The second-order valence-corrected chi connectivity index (χ2v) is 4.54. The van der Waals surface area contributed by atoms with E-state index in [1.165, 1.54) is 0 Å². The van der Waals surface area contributed by atoms with Gasteiger partial charge in [-0.15, -0.1) is 0 Å². The summed E-state index contributed by atoms with van der Waals surface area (Å²) in [5.41, 5.74) is -0.338. The molecule has 0 aromatic carbocycles. The Balaban J connectivity index is 0. The molecule has 0 amide bonds. The Kier molecular flexibility index (Phi) is 9.31. The van der Waals surface area contributed by atoms with Gasteiger partial charge in [-0.25, -0.2) is 0 Å². The number of methoxy groups -OCH3 is 1. The fraction of sp³-hybridized carbons (Fsp3) is 1.00. The van der Waals surface area contributed by atoms with Crippen LogP contribution >= 0.6 is 0 Å². The molecule has 0 aliphatic heterocycles. The summed E-state index contributed by atoms with van der Waals surface area (Å²) in [7, 11) is 3.63. The number of nitrogens with one attached hydrogen (secondary N) is 1. The first kappa shape index (κ1) is 17.3. The standard InChI is InChI=1S/C10H23NO2.C2H6/c1-9(2,7-11-5)13-8-10(3,4)12-6;1-2/h11H,7-8H2,1-6H3;1-2H3. The van der Waals surface area contributed by atoms with Crippen molar-refractivity contribution >= 4 is 0 Å². The maximum Gasteiger partial charge on any atom is 0.0855 e. The fourth-order valence-electron chi connectivity index (χ4n) is 0.905. The molecule has 0 bridgehead atoms. The number of hydrogen-bond donors (Lipinski definition) is 1. The summed E-state index contributed by atoms with van der Waals surface area (Å²) in [5.74, 6) is 0. The SMILES string of the molecule is CC.CNCC(C)(C)OCC(C)(C)OC. The summed E-state index contributed by atoms with van der Waals surface area (Å²) in [6.45, 7) is 13.6. The minimum atomic E-state index is -0.203. The highest BCUT2D eigenvalue weighted by Gasteiger charge is 2.23. The minimum Gasteiger partial charge on any atom is -0.376 e. The van der Waals surface area contributed by atoms with Crippen molar-refractivity contribution in [1.29, 1.82) is 0 Å². The van der Waals surface area contributed by atoms with Crippen LogP contribution in [-0.4, -0.2) is 38.5 Å². The lowest BCUT2D eigenvalue weighted by Gasteiger charge is -2.30. The molecular weight excluding hydrogens is 190 g/mol. The molecule has 0 unspecified atom stereocenters. The molecule has 3 heteroatoms. The predicted molar refractivity (Wildman–Crippen MR) is 66.4 cm³/mol. The van der Waals surface area contributed by atoms with Crippen LogP contribution in [0.15, 0.2) is 0 Å². The predicted octanol–water partition coefficient (Wildman–Crippen LogP) is 2.45. The van der Waals surface area contributed by atoms with Gasteiger partial charge in [0.1, 0.15) is 0 Å². The molecule has 0 saturated carbocycles. The Morgan fingerprint density at radius 1 is 1.00 bits per heavy atom. The van der Waals surface area contributed by atoms with Crippen LogP contribution < -0.4 is 5.32 Å². The second kappa shape index (κ2) is 8.08. The molecule has 0 aromatic heterocycles. The van der Waals surface area contributed by atoms with Crippen LogP contribution in [0, 0.1) is 0 Å². The zero-order valence-electron chi connectivity index (χ0n) is 11.7. The average Bonchev–Trinajstić information content (AvgIpc) is 2.19. The van der Waals surface area contributed by atoms with E-state index < -0.39 is 0 Å². The van der Waals surface area contributed by atoms with Gasteiger partial charge in [0.15, 0.2) is 0 Å². The molecule has 0 spiro atoms. The van der Waals surface area contributed by atoms with Gasteiger partial charge in [-0.3, -0.25) is 0 Å². The first-order valence-corrected chi connectivity index (χ1v) is 5.67. The van der Waals surface area contributed by atoms with Crippen LogP contribution in [0.2, 0.25) is 0 Å². The molecule has 0 rings (SSSR count). The van der Waals surface area contributed by atoms with Gasteiger partial charge < -0.3 is 14.8 Å². The van der Waals surface area contributed by atoms with Crippen LogP contribution in [0.3, 0.4) is 0 Å². The molecular formula is C12H29NO2. The maximum absolute atomic E-state index is 5.74. The van der Waals surface area contributed by atoms with E-state index in [0.29, 0.717) is 6.61 Å². The van der Waals surface area contributed by atoms with Crippen molar-refractivity contribution in [1.82, 2.24) is 5.32 Å². The summed E-state index contributed by atoms with van der Waals surface area (Å²) >= 11 is 0. The van der Waals surface area contributed by atoms with E-state index in [9.17, 15) is 0 Å². The van der Waals surface area contributed by atoms with Gasteiger partial charge in [0, 0.05) is 13.7 Å². The highest BCUT2D eigenvalue weighted by Crippen LogP contribution is 2.14. The van der Waals surface area contributed by atoms with Crippen LogP contribution in [0.1, 0.15) is 41.5 Å². The molecule has 0 radical (unpaired) electrons. The van der Waals surface area contributed by atoms with E-state index >= 15 is 0 Å². The van der Waals surface area contributed by atoms with Gasteiger partial charge in [0.2, 0.25) is 0 Å². The van der Waals surface area contributed by atoms with E-state index in [1.54, 1.807) is 7.11 Å². The fourth-order valence-corrected chi connectivity index (χ4v) is 0.905. The quantitative estimate of drug-likeness (QED) is 0.744. The number of rotatable bonds is 6. The molecule has 0 aliphatic carbocycles. The van der Waals surface area contributed by atoms with Crippen LogP contribution in [0.25, 0.3) is 0 Å². The summed E-state index contributed by atoms with van der Waals surface area (Å²) in [5, 5.41) is 3.10. The number of ether oxygens (including phenoxy) is 2. The first-order chi connectivity index (χ1) is 6.83. The van der Waals surface area contributed by atoms with Gasteiger partial charge in [-0.05, 0) is 34.7 Å². The van der Waals surface area contributed by atoms with Gasteiger partial charge >= 0.3 is 0 Å². The van der Waals surface area contributed by atoms with Gasteiger partial charge in [-0.2, -0.15) is 0 Å². The molecule has 94 valence electrons. The van der Waals surface area contributed by atoms with E-state index in [1.807, 2.05) is 34.7 Å². The molecule has 0 aromatic rings. The van der Waals surface area contributed by atoms with Crippen LogP contribution in [0.5, 0.6) is 0 Å². The van der Waals surface area contributed by atoms with Crippen molar-refractivity contribution in [3.63, 3.8) is 0 Å². The Morgan fingerprint density at radius 3 is 1.80 bits per heavy atom. The Morgan fingerprint density at radius 2 is 1.47 bits per heavy atom. The van der Waals surface area contributed by atoms with Crippen molar-refractivity contribution in [2.75, 3.05) is 27.3 Å². The van der Waals surface area contributed by atoms with Crippen molar-refractivity contribution < 1.29 is 9.47 Å². The van der Waals surface area contributed by atoms with E-state index in [4.69, 9.17) is 9.47 Å². The third-order valence-electron chi connectivity index (χ3n) is 1.97. The largest absolute Gasteiger partial charge is 0.376 e. The summed E-state index contributed by atoms with van der Waals surface area (Å²) in [4.78, 5) is 0. The summed E-state index contributed by atoms with van der Waals surface area (Å²) < 4.78 is 11.0. The molecule has 0 fully saturated rings. The van der Waals surface area contributed by atoms with Gasteiger partial charge in [0.25, 0.3) is 0 Å². The van der Waals surface area contributed by atoms with Crippen molar-refractivity contribution in [2.24, 2.45) is 0 Å². The summed E-state index contributed by atoms with van der Waals surface area (Å²) in [6.07, 6.45) is 0.